The number of hydrazine groups is 1. The third kappa shape index (κ3) is 4.55. The van der Waals surface area contributed by atoms with E-state index in [0.29, 0.717) is 31.7 Å². The van der Waals surface area contributed by atoms with E-state index >= 15 is 0 Å². The van der Waals surface area contributed by atoms with Crippen molar-refractivity contribution >= 4 is 23.6 Å². The van der Waals surface area contributed by atoms with Gasteiger partial charge in [-0.15, -0.1) is 0 Å². The van der Waals surface area contributed by atoms with Gasteiger partial charge in [-0.3, -0.25) is 15.0 Å². The Bertz CT molecular complexity index is 265. The van der Waals surface area contributed by atoms with Crippen LogP contribution in [0.4, 0.5) is 0 Å². The van der Waals surface area contributed by atoms with Gasteiger partial charge < -0.3 is 4.90 Å². The van der Waals surface area contributed by atoms with Crippen molar-refractivity contribution in [3.05, 3.63) is 0 Å². The highest BCUT2D eigenvalue weighted by Crippen LogP contribution is 2.18. The normalized spacial score (nSPS) is 16.9. The van der Waals surface area contributed by atoms with E-state index in [9.17, 15) is 9.59 Å². The molecule has 1 saturated heterocycles. The fraction of sp³-hybridized carbons (Fsp3) is 0.818. The summed E-state index contributed by atoms with van der Waals surface area (Å²) in [6.45, 7) is 3.45. The van der Waals surface area contributed by atoms with Crippen LogP contribution >= 0.6 is 11.8 Å². The molecule has 5 nitrogen and oxygen atoms in total. The Morgan fingerprint density at radius 2 is 2.06 bits per heavy atom. The van der Waals surface area contributed by atoms with E-state index in [1.807, 2.05) is 4.90 Å². The van der Waals surface area contributed by atoms with Crippen LogP contribution in [0.5, 0.6) is 0 Å². The maximum Gasteiger partial charge on any atom is 0.237 e. The van der Waals surface area contributed by atoms with Gasteiger partial charge in [0.25, 0.3) is 0 Å². The van der Waals surface area contributed by atoms with Crippen molar-refractivity contribution in [2.24, 2.45) is 11.8 Å². The molecule has 0 atom stereocenters. The first-order valence-corrected chi connectivity index (χ1v) is 7.20. The van der Waals surface area contributed by atoms with Gasteiger partial charge in [-0.2, -0.15) is 11.8 Å². The number of thioether (sulfide) groups is 1. The lowest BCUT2D eigenvalue weighted by Crippen LogP contribution is -2.45. The van der Waals surface area contributed by atoms with E-state index in [2.05, 4.69) is 12.3 Å². The molecule has 0 bridgehead atoms. The topological polar surface area (TPSA) is 75.4 Å². The zero-order valence-electron chi connectivity index (χ0n) is 10.3. The molecule has 0 saturated carbocycles. The van der Waals surface area contributed by atoms with Crippen molar-refractivity contribution in [1.29, 1.82) is 0 Å². The Balaban J connectivity index is 2.26. The SMILES string of the molecule is CCCSCC(=O)N1CCC(C(=O)NN)CC1. The summed E-state index contributed by atoms with van der Waals surface area (Å²) in [6.07, 6.45) is 2.52. The highest BCUT2D eigenvalue weighted by Gasteiger charge is 2.26. The number of nitrogens with one attached hydrogen (secondary N) is 1. The zero-order chi connectivity index (χ0) is 12.7. The molecule has 0 aromatic heterocycles. The van der Waals surface area contributed by atoms with Gasteiger partial charge in [0, 0.05) is 19.0 Å². The van der Waals surface area contributed by atoms with Crippen molar-refractivity contribution in [2.45, 2.75) is 26.2 Å². The monoisotopic (exact) mass is 259 g/mol. The van der Waals surface area contributed by atoms with Gasteiger partial charge in [0.15, 0.2) is 0 Å². The quantitative estimate of drug-likeness (QED) is 0.323. The number of amides is 2. The number of nitrogens with two attached hydrogens (primary N) is 1. The number of rotatable bonds is 5. The summed E-state index contributed by atoms with van der Waals surface area (Å²) in [5.74, 6) is 6.72. The van der Waals surface area contributed by atoms with E-state index in [0.717, 1.165) is 12.2 Å². The van der Waals surface area contributed by atoms with E-state index in [1.54, 1.807) is 11.8 Å². The smallest absolute Gasteiger partial charge is 0.237 e. The standard InChI is InChI=1S/C11H21N3O2S/c1-2-7-17-8-10(15)14-5-3-9(4-6-14)11(16)13-12/h9H,2-8,12H2,1H3,(H,13,16). The van der Waals surface area contributed by atoms with E-state index in [1.165, 1.54) is 0 Å². The summed E-state index contributed by atoms with van der Waals surface area (Å²) in [7, 11) is 0. The first kappa shape index (κ1) is 14.3. The summed E-state index contributed by atoms with van der Waals surface area (Å²) >= 11 is 1.68. The Kier molecular flexibility index (Phi) is 6.36. The van der Waals surface area contributed by atoms with Gasteiger partial charge in [-0.25, -0.2) is 5.84 Å². The van der Waals surface area contributed by atoms with Crippen molar-refractivity contribution in [2.75, 3.05) is 24.6 Å². The summed E-state index contributed by atoms with van der Waals surface area (Å²) in [4.78, 5) is 25.0. The molecule has 2 amide bonds. The number of likely N-dealkylation sites (tertiary alicyclic amines) is 1. The molecule has 0 unspecified atom stereocenters. The molecule has 0 spiro atoms. The predicted octanol–water partition coefficient (Wildman–Crippen LogP) is 0.358. The Hall–Kier alpha value is -0.750. The minimum atomic E-state index is -0.113. The van der Waals surface area contributed by atoms with E-state index in [4.69, 9.17) is 5.84 Å². The molecule has 1 rings (SSSR count). The second-order valence-corrected chi connectivity index (χ2v) is 5.32. The van der Waals surface area contributed by atoms with Crippen molar-refractivity contribution < 1.29 is 9.59 Å². The van der Waals surface area contributed by atoms with Gasteiger partial charge >= 0.3 is 0 Å². The maximum atomic E-state index is 11.8. The second kappa shape index (κ2) is 7.55. The third-order valence-corrected chi connectivity index (χ3v) is 4.08. The van der Waals surface area contributed by atoms with Crippen LogP contribution in [0.2, 0.25) is 0 Å². The number of carbonyl (C=O) groups is 2. The molecule has 17 heavy (non-hydrogen) atoms. The lowest BCUT2D eigenvalue weighted by molar-refractivity contribution is -0.133. The average molecular weight is 259 g/mol. The molecule has 0 aromatic carbocycles. The van der Waals surface area contributed by atoms with E-state index < -0.39 is 0 Å². The third-order valence-electron chi connectivity index (χ3n) is 2.93. The summed E-state index contributed by atoms with van der Waals surface area (Å²) in [5.41, 5.74) is 2.17. The van der Waals surface area contributed by atoms with Gasteiger partial charge in [-0.1, -0.05) is 6.92 Å². The van der Waals surface area contributed by atoms with Crippen molar-refractivity contribution in [1.82, 2.24) is 10.3 Å². The predicted molar refractivity (Wildman–Crippen MR) is 69.3 cm³/mol. The van der Waals surface area contributed by atoms with Crippen LogP contribution in [0.3, 0.4) is 0 Å². The molecule has 1 aliphatic rings. The number of nitrogens with zero attached hydrogens (tertiary/aromatic N) is 1. The Morgan fingerprint density at radius 3 is 2.59 bits per heavy atom. The first-order valence-electron chi connectivity index (χ1n) is 6.05. The molecule has 1 fully saturated rings. The zero-order valence-corrected chi connectivity index (χ0v) is 11.1. The lowest BCUT2D eigenvalue weighted by atomic mass is 9.96. The van der Waals surface area contributed by atoms with E-state index in [-0.39, 0.29) is 17.7 Å². The highest BCUT2D eigenvalue weighted by molar-refractivity contribution is 7.99. The lowest BCUT2D eigenvalue weighted by Gasteiger charge is -2.31. The average Bonchev–Trinajstić information content (AvgIpc) is 2.38. The largest absolute Gasteiger partial charge is 0.342 e. The molecule has 0 radical (unpaired) electrons. The maximum absolute atomic E-state index is 11.8. The Morgan fingerprint density at radius 1 is 1.41 bits per heavy atom. The van der Waals surface area contributed by atoms with Gasteiger partial charge in [0.2, 0.25) is 11.8 Å². The fourth-order valence-electron chi connectivity index (χ4n) is 1.90. The van der Waals surface area contributed by atoms with Gasteiger partial charge in [-0.05, 0) is 25.0 Å². The number of hydrogen-bond acceptors (Lipinski definition) is 4. The van der Waals surface area contributed by atoms with Gasteiger partial charge in [0.1, 0.15) is 0 Å². The molecular weight excluding hydrogens is 238 g/mol. The van der Waals surface area contributed by atoms with Crippen LogP contribution in [0.25, 0.3) is 0 Å². The van der Waals surface area contributed by atoms with Crippen LogP contribution in [0.1, 0.15) is 26.2 Å². The minimum Gasteiger partial charge on any atom is -0.342 e. The number of carbonyl (C=O) groups excluding carboxylic acids is 2. The van der Waals surface area contributed by atoms with Crippen LogP contribution in [-0.4, -0.2) is 41.3 Å². The van der Waals surface area contributed by atoms with Crippen molar-refractivity contribution in [3.8, 4) is 0 Å². The number of piperidine rings is 1. The molecule has 98 valence electrons. The first-order chi connectivity index (χ1) is 8.19. The summed E-state index contributed by atoms with van der Waals surface area (Å²) < 4.78 is 0. The molecular formula is C11H21N3O2S. The molecule has 1 aliphatic heterocycles. The Labute approximate surface area is 106 Å². The van der Waals surface area contributed by atoms with Crippen LogP contribution in [-0.2, 0) is 9.59 Å². The van der Waals surface area contributed by atoms with Gasteiger partial charge in [0.05, 0.1) is 5.75 Å². The van der Waals surface area contributed by atoms with Crippen LogP contribution in [0.15, 0.2) is 0 Å². The molecule has 6 heteroatoms. The molecule has 0 aromatic rings. The summed E-state index contributed by atoms with van der Waals surface area (Å²) in [6, 6.07) is 0. The molecule has 1 heterocycles. The molecule has 3 N–H and O–H groups in total. The van der Waals surface area contributed by atoms with Crippen LogP contribution in [0, 0.1) is 5.92 Å². The van der Waals surface area contributed by atoms with Crippen LogP contribution < -0.4 is 11.3 Å². The highest BCUT2D eigenvalue weighted by atomic mass is 32.2. The summed E-state index contributed by atoms with van der Waals surface area (Å²) in [5, 5.41) is 0. The second-order valence-electron chi connectivity index (χ2n) is 4.22. The molecule has 0 aliphatic carbocycles. The number of hydrogen-bond donors (Lipinski definition) is 2. The minimum absolute atomic E-state index is 0.0349. The fourth-order valence-corrected chi connectivity index (χ4v) is 2.69. The van der Waals surface area contributed by atoms with Crippen molar-refractivity contribution in [3.63, 3.8) is 0 Å².